The SMILES string of the molecule is CC(c1cc2ccccc2o1)N(C)S(=O)(=O)N1CCc2ccccc2C1. The quantitative estimate of drug-likeness (QED) is 0.703. The molecule has 26 heavy (non-hydrogen) atoms. The molecule has 0 bridgehead atoms. The number of hydrogen-bond donors (Lipinski definition) is 0. The highest BCUT2D eigenvalue weighted by molar-refractivity contribution is 7.86. The number of hydrogen-bond acceptors (Lipinski definition) is 3. The minimum Gasteiger partial charge on any atom is -0.459 e. The summed E-state index contributed by atoms with van der Waals surface area (Å²) in [6.07, 6.45) is 0.738. The molecule has 5 nitrogen and oxygen atoms in total. The lowest BCUT2D eigenvalue weighted by molar-refractivity contribution is 0.298. The van der Waals surface area contributed by atoms with E-state index in [-0.39, 0.29) is 6.04 Å². The van der Waals surface area contributed by atoms with E-state index in [0.29, 0.717) is 18.8 Å². The summed E-state index contributed by atoms with van der Waals surface area (Å²) >= 11 is 0. The van der Waals surface area contributed by atoms with Crippen LogP contribution in [0.5, 0.6) is 0 Å². The standard InChI is InChI=1S/C20H22N2O3S/c1-15(20-13-17-8-5-6-10-19(17)25-20)21(2)26(23,24)22-12-11-16-7-3-4-9-18(16)14-22/h3-10,13,15H,11-12,14H2,1-2H3. The van der Waals surface area contributed by atoms with Crippen LogP contribution in [-0.4, -0.2) is 30.6 Å². The van der Waals surface area contributed by atoms with Crippen LogP contribution in [0.15, 0.2) is 59.0 Å². The van der Waals surface area contributed by atoms with Crippen LogP contribution in [0.25, 0.3) is 11.0 Å². The third kappa shape index (κ3) is 2.94. The van der Waals surface area contributed by atoms with Gasteiger partial charge in [0.1, 0.15) is 11.3 Å². The Balaban J connectivity index is 1.59. The van der Waals surface area contributed by atoms with Crippen molar-refractivity contribution in [1.29, 1.82) is 0 Å². The zero-order valence-electron chi connectivity index (χ0n) is 14.9. The summed E-state index contributed by atoms with van der Waals surface area (Å²) in [6, 6.07) is 17.3. The zero-order valence-corrected chi connectivity index (χ0v) is 15.7. The van der Waals surface area contributed by atoms with Crippen LogP contribution >= 0.6 is 0 Å². The molecule has 0 fully saturated rings. The van der Waals surface area contributed by atoms with Gasteiger partial charge in [-0.15, -0.1) is 0 Å². The third-order valence-corrected chi connectivity index (χ3v) is 7.20. The summed E-state index contributed by atoms with van der Waals surface area (Å²) in [6.45, 7) is 2.76. The average molecular weight is 370 g/mol. The summed E-state index contributed by atoms with van der Waals surface area (Å²) in [7, 11) is -1.96. The molecule has 1 unspecified atom stereocenters. The van der Waals surface area contributed by atoms with E-state index in [4.69, 9.17) is 4.42 Å². The van der Waals surface area contributed by atoms with Gasteiger partial charge in [0, 0.05) is 25.5 Å². The van der Waals surface area contributed by atoms with Crippen LogP contribution in [0.4, 0.5) is 0 Å². The number of fused-ring (bicyclic) bond motifs is 2. The van der Waals surface area contributed by atoms with E-state index >= 15 is 0 Å². The van der Waals surface area contributed by atoms with E-state index in [1.165, 1.54) is 9.87 Å². The van der Waals surface area contributed by atoms with Gasteiger partial charge < -0.3 is 4.42 Å². The Morgan fingerprint density at radius 1 is 1.08 bits per heavy atom. The second kappa shape index (κ2) is 6.54. The molecule has 0 saturated heterocycles. The first kappa shape index (κ1) is 17.3. The molecule has 0 amide bonds. The number of furan rings is 1. The Kier molecular flexibility index (Phi) is 4.34. The largest absolute Gasteiger partial charge is 0.459 e. The van der Waals surface area contributed by atoms with Crippen molar-refractivity contribution in [1.82, 2.24) is 8.61 Å². The number of para-hydroxylation sites is 1. The normalized spacial score (nSPS) is 16.7. The first-order chi connectivity index (χ1) is 12.5. The Bertz CT molecular complexity index is 1010. The van der Waals surface area contributed by atoms with Crippen molar-refractivity contribution >= 4 is 21.2 Å². The molecule has 136 valence electrons. The Morgan fingerprint density at radius 3 is 2.54 bits per heavy atom. The van der Waals surface area contributed by atoms with Crippen LogP contribution in [0.2, 0.25) is 0 Å². The number of benzene rings is 2. The summed E-state index contributed by atoms with van der Waals surface area (Å²) in [5.74, 6) is 0.648. The fourth-order valence-electron chi connectivity index (χ4n) is 3.44. The average Bonchev–Trinajstić information content (AvgIpc) is 3.10. The highest BCUT2D eigenvalue weighted by Crippen LogP contribution is 2.30. The van der Waals surface area contributed by atoms with Crippen molar-refractivity contribution in [2.45, 2.75) is 25.9 Å². The molecule has 6 heteroatoms. The fourth-order valence-corrected chi connectivity index (χ4v) is 4.93. The number of rotatable bonds is 4. The van der Waals surface area contributed by atoms with Gasteiger partial charge in [0.2, 0.25) is 0 Å². The lowest BCUT2D eigenvalue weighted by atomic mass is 10.0. The van der Waals surface area contributed by atoms with Gasteiger partial charge in [-0.05, 0) is 36.6 Å². The molecule has 2 heterocycles. The van der Waals surface area contributed by atoms with Gasteiger partial charge in [0.05, 0.1) is 6.04 Å². The van der Waals surface area contributed by atoms with E-state index in [1.807, 2.05) is 55.5 Å². The molecule has 0 saturated carbocycles. The molecule has 4 rings (SSSR count). The summed E-state index contributed by atoms with van der Waals surface area (Å²) in [5, 5.41) is 0.979. The summed E-state index contributed by atoms with van der Waals surface area (Å²) in [4.78, 5) is 0. The predicted octanol–water partition coefficient (Wildman–Crippen LogP) is 3.73. The second-order valence-corrected chi connectivity index (χ2v) is 8.73. The van der Waals surface area contributed by atoms with Crippen molar-refractivity contribution in [3.63, 3.8) is 0 Å². The molecule has 0 spiro atoms. The molecule has 2 aromatic carbocycles. The minimum atomic E-state index is -3.58. The number of nitrogens with zero attached hydrogens (tertiary/aromatic N) is 2. The van der Waals surface area contributed by atoms with Crippen LogP contribution in [0.3, 0.4) is 0 Å². The highest BCUT2D eigenvalue weighted by Gasteiger charge is 2.34. The van der Waals surface area contributed by atoms with Crippen molar-refractivity contribution in [3.8, 4) is 0 Å². The second-order valence-electron chi connectivity index (χ2n) is 6.74. The molecular weight excluding hydrogens is 348 g/mol. The van der Waals surface area contributed by atoms with Gasteiger partial charge in [-0.1, -0.05) is 42.5 Å². The van der Waals surface area contributed by atoms with Crippen LogP contribution in [0, 0.1) is 0 Å². The van der Waals surface area contributed by atoms with Crippen molar-refractivity contribution < 1.29 is 12.8 Å². The molecule has 0 aliphatic carbocycles. The third-order valence-electron chi connectivity index (χ3n) is 5.19. The minimum absolute atomic E-state index is 0.385. The van der Waals surface area contributed by atoms with Gasteiger partial charge >= 0.3 is 0 Å². The van der Waals surface area contributed by atoms with Crippen LogP contribution in [0.1, 0.15) is 29.9 Å². The summed E-state index contributed by atoms with van der Waals surface area (Å²) < 4.78 is 35.1. The molecular formula is C20H22N2O3S. The topological polar surface area (TPSA) is 53.8 Å². The highest BCUT2D eigenvalue weighted by atomic mass is 32.2. The molecule has 3 aromatic rings. The monoisotopic (exact) mass is 370 g/mol. The molecule has 1 atom stereocenters. The Hall–Kier alpha value is -2.15. The van der Waals surface area contributed by atoms with E-state index < -0.39 is 10.2 Å². The molecule has 0 radical (unpaired) electrons. The smallest absolute Gasteiger partial charge is 0.282 e. The lowest BCUT2D eigenvalue weighted by Crippen LogP contribution is -2.45. The van der Waals surface area contributed by atoms with Crippen LogP contribution < -0.4 is 0 Å². The molecule has 1 aromatic heterocycles. The summed E-state index contributed by atoms with van der Waals surface area (Å²) in [5.41, 5.74) is 3.08. The van der Waals surface area contributed by atoms with Crippen molar-refractivity contribution in [3.05, 3.63) is 71.5 Å². The first-order valence-electron chi connectivity index (χ1n) is 8.75. The van der Waals surface area contributed by atoms with E-state index in [9.17, 15) is 8.42 Å². The molecule has 1 aliphatic rings. The van der Waals surface area contributed by atoms with E-state index in [1.54, 1.807) is 11.4 Å². The molecule has 0 N–H and O–H groups in total. The maximum absolute atomic E-state index is 13.1. The van der Waals surface area contributed by atoms with Gasteiger partial charge in [0.25, 0.3) is 10.2 Å². The van der Waals surface area contributed by atoms with Crippen LogP contribution in [-0.2, 0) is 23.2 Å². The maximum Gasteiger partial charge on any atom is 0.282 e. The van der Waals surface area contributed by atoms with Gasteiger partial charge in [0.15, 0.2) is 0 Å². The van der Waals surface area contributed by atoms with E-state index in [2.05, 4.69) is 6.07 Å². The first-order valence-corrected chi connectivity index (χ1v) is 10.1. The van der Waals surface area contributed by atoms with Crippen molar-refractivity contribution in [2.24, 2.45) is 0 Å². The maximum atomic E-state index is 13.1. The Labute approximate surface area is 154 Å². The zero-order chi connectivity index (χ0) is 18.3. The van der Waals surface area contributed by atoms with E-state index in [0.717, 1.165) is 23.0 Å². The van der Waals surface area contributed by atoms with Crippen molar-refractivity contribution in [2.75, 3.05) is 13.6 Å². The predicted molar refractivity (Wildman–Crippen MR) is 102 cm³/mol. The fraction of sp³-hybridized carbons (Fsp3) is 0.300. The molecule has 1 aliphatic heterocycles. The van der Waals surface area contributed by atoms with Gasteiger partial charge in [-0.3, -0.25) is 0 Å². The lowest BCUT2D eigenvalue weighted by Gasteiger charge is -2.33. The van der Waals surface area contributed by atoms with Gasteiger partial charge in [-0.2, -0.15) is 17.0 Å². The Morgan fingerprint density at radius 2 is 1.77 bits per heavy atom. The van der Waals surface area contributed by atoms with Gasteiger partial charge in [-0.25, -0.2) is 0 Å².